The van der Waals surface area contributed by atoms with Crippen LogP contribution in [0.25, 0.3) is 0 Å². The minimum atomic E-state index is 0.0315. The monoisotopic (exact) mass is 237 g/mol. The molecule has 1 N–H and O–H groups in total. The number of hydrogen-bond acceptors (Lipinski definition) is 5. The summed E-state index contributed by atoms with van der Waals surface area (Å²) in [6.45, 7) is 2.04. The van der Waals surface area contributed by atoms with Crippen molar-refractivity contribution < 1.29 is 9.26 Å². The van der Waals surface area contributed by atoms with Gasteiger partial charge in [0.25, 0.3) is 0 Å². The van der Waals surface area contributed by atoms with E-state index in [1.165, 1.54) is 19.3 Å². The predicted octanol–water partition coefficient (Wildman–Crippen LogP) is 1.63. The van der Waals surface area contributed by atoms with Crippen molar-refractivity contribution in [2.45, 2.75) is 37.7 Å². The second-order valence-electron chi connectivity index (χ2n) is 5.03. The van der Waals surface area contributed by atoms with E-state index in [-0.39, 0.29) is 6.10 Å². The molecule has 0 amide bonds. The normalized spacial score (nSPS) is 27.0. The van der Waals surface area contributed by atoms with E-state index in [0.717, 1.165) is 31.2 Å². The third-order valence-electron chi connectivity index (χ3n) is 3.66. The van der Waals surface area contributed by atoms with Gasteiger partial charge in [-0.1, -0.05) is 5.16 Å². The van der Waals surface area contributed by atoms with E-state index in [1.54, 1.807) is 7.11 Å². The average Bonchev–Trinajstić information content (AvgIpc) is 3.09. The van der Waals surface area contributed by atoms with Crippen LogP contribution < -0.4 is 5.32 Å². The summed E-state index contributed by atoms with van der Waals surface area (Å²) in [7, 11) is 1.72. The van der Waals surface area contributed by atoms with E-state index in [1.807, 2.05) is 0 Å². The Labute approximate surface area is 101 Å². The number of hydrogen-bond donors (Lipinski definition) is 1. The molecule has 2 fully saturated rings. The van der Waals surface area contributed by atoms with E-state index >= 15 is 0 Å². The average molecular weight is 237 g/mol. The van der Waals surface area contributed by atoms with E-state index in [9.17, 15) is 0 Å². The molecule has 5 heteroatoms. The number of ether oxygens (including phenoxy) is 1. The molecule has 1 aromatic heterocycles. The molecule has 0 bridgehead atoms. The van der Waals surface area contributed by atoms with Crippen molar-refractivity contribution in [1.82, 2.24) is 15.5 Å². The van der Waals surface area contributed by atoms with Crippen LogP contribution in [0.5, 0.6) is 0 Å². The Morgan fingerprint density at radius 2 is 2.29 bits per heavy atom. The van der Waals surface area contributed by atoms with Crippen molar-refractivity contribution in [3.8, 4) is 0 Å². The molecule has 94 valence electrons. The summed E-state index contributed by atoms with van der Waals surface area (Å²) >= 11 is 0. The first-order chi connectivity index (χ1) is 8.38. The third kappa shape index (κ3) is 2.35. The maximum absolute atomic E-state index is 5.46. The number of methoxy groups -OCH3 is 1. The molecule has 0 aromatic carbocycles. The van der Waals surface area contributed by atoms with Crippen molar-refractivity contribution in [1.29, 1.82) is 0 Å². The minimum Gasteiger partial charge on any atom is -0.373 e. The number of aromatic nitrogens is 2. The number of piperidine rings is 1. The molecule has 1 aromatic rings. The summed E-state index contributed by atoms with van der Waals surface area (Å²) in [4.78, 5) is 4.52. The van der Waals surface area contributed by atoms with Crippen LogP contribution in [0.1, 0.15) is 49.4 Å². The zero-order valence-corrected chi connectivity index (χ0v) is 10.2. The second-order valence-corrected chi connectivity index (χ2v) is 5.03. The maximum atomic E-state index is 5.46. The molecule has 2 atom stereocenters. The lowest BCUT2D eigenvalue weighted by Crippen LogP contribution is -2.28. The Kier molecular flexibility index (Phi) is 3.11. The highest BCUT2D eigenvalue weighted by Gasteiger charge is 2.36. The van der Waals surface area contributed by atoms with Gasteiger partial charge in [0.1, 0.15) is 6.10 Å². The summed E-state index contributed by atoms with van der Waals surface area (Å²) in [5.41, 5.74) is 0. The topological polar surface area (TPSA) is 60.2 Å². The molecule has 1 unspecified atom stereocenters. The quantitative estimate of drug-likeness (QED) is 0.862. The zero-order chi connectivity index (χ0) is 11.7. The van der Waals surface area contributed by atoms with E-state index in [0.29, 0.717) is 11.8 Å². The third-order valence-corrected chi connectivity index (χ3v) is 3.66. The number of rotatable bonds is 4. The van der Waals surface area contributed by atoms with Crippen LogP contribution in [0.3, 0.4) is 0 Å². The van der Waals surface area contributed by atoms with Gasteiger partial charge in [-0.25, -0.2) is 0 Å². The van der Waals surface area contributed by atoms with Crippen LogP contribution >= 0.6 is 0 Å². The van der Waals surface area contributed by atoms with Crippen molar-refractivity contribution in [3.63, 3.8) is 0 Å². The van der Waals surface area contributed by atoms with Gasteiger partial charge in [0, 0.05) is 13.7 Å². The van der Waals surface area contributed by atoms with Crippen molar-refractivity contribution in [2.24, 2.45) is 5.92 Å². The molecule has 0 radical (unpaired) electrons. The smallest absolute Gasteiger partial charge is 0.231 e. The Hall–Kier alpha value is -0.940. The maximum Gasteiger partial charge on any atom is 0.231 e. The summed E-state index contributed by atoms with van der Waals surface area (Å²) in [5.74, 6) is 2.47. The molecule has 2 aliphatic rings. The minimum absolute atomic E-state index is 0.0315. The SMILES string of the molecule is COC(c1noc([C@H]2CCCNC2)n1)C1CC1. The molecule has 5 nitrogen and oxygen atoms in total. The van der Waals surface area contributed by atoms with Gasteiger partial charge in [0.05, 0.1) is 5.92 Å². The van der Waals surface area contributed by atoms with Crippen LogP contribution in [0.15, 0.2) is 4.52 Å². The number of nitrogens with one attached hydrogen (secondary N) is 1. The lowest BCUT2D eigenvalue weighted by Gasteiger charge is -2.18. The van der Waals surface area contributed by atoms with Gasteiger partial charge in [-0.3, -0.25) is 0 Å². The molecule has 2 heterocycles. The van der Waals surface area contributed by atoms with E-state index in [2.05, 4.69) is 15.5 Å². The van der Waals surface area contributed by atoms with Crippen molar-refractivity contribution in [3.05, 3.63) is 11.7 Å². The van der Waals surface area contributed by atoms with Gasteiger partial charge >= 0.3 is 0 Å². The fraction of sp³-hybridized carbons (Fsp3) is 0.833. The van der Waals surface area contributed by atoms with Crippen molar-refractivity contribution in [2.75, 3.05) is 20.2 Å². The van der Waals surface area contributed by atoms with Crippen LogP contribution in [0, 0.1) is 5.92 Å². The molecule has 1 saturated heterocycles. The van der Waals surface area contributed by atoms with Gasteiger partial charge < -0.3 is 14.6 Å². The van der Waals surface area contributed by atoms with Crippen molar-refractivity contribution >= 4 is 0 Å². The Morgan fingerprint density at radius 1 is 1.41 bits per heavy atom. The largest absolute Gasteiger partial charge is 0.373 e. The Balaban J connectivity index is 1.72. The standard InChI is InChI=1S/C12H19N3O2/c1-16-10(8-4-5-8)11-14-12(17-15-11)9-3-2-6-13-7-9/h8-10,13H,2-7H2,1H3/t9-,10?/m0/s1. The first-order valence-corrected chi connectivity index (χ1v) is 6.45. The fourth-order valence-electron chi connectivity index (χ4n) is 2.50. The first-order valence-electron chi connectivity index (χ1n) is 6.45. The van der Waals surface area contributed by atoms with Crippen LogP contribution in [0.2, 0.25) is 0 Å². The second kappa shape index (κ2) is 4.74. The Bertz CT molecular complexity index is 370. The number of nitrogens with zero attached hydrogens (tertiary/aromatic N) is 2. The first kappa shape index (κ1) is 11.2. The van der Waals surface area contributed by atoms with Crippen LogP contribution in [0.4, 0.5) is 0 Å². The summed E-state index contributed by atoms with van der Waals surface area (Å²) in [5, 5.41) is 7.45. The lowest BCUT2D eigenvalue weighted by molar-refractivity contribution is 0.0751. The summed E-state index contributed by atoms with van der Waals surface area (Å²) < 4.78 is 10.8. The van der Waals surface area contributed by atoms with E-state index in [4.69, 9.17) is 9.26 Å². The van der Waals surface area contributed by atoms with Gasteiger partial charge in [-0.05, 0) is 38.1 Å². The molecule has 0 spiro atoms. The highest BCUT2D eigenvalue weighted by atomic mass is 16.5. The summed E-state index contributed by atoms with van der Waals surface area (Å²) in [6.07, 6.45) is 4.78. The van der Waals surface area contributed by atoms with Gasteiger partial charge in [0.2, 0.25) is 11.7 Å². The summed E-state index contributed by atoms with van der Waals surface area (Å²) in [6, 6.07) is 0. The molecule has 3 rings (SSSR count). The Morgan fingerprint density at radius 3 is 2.94 bits per heavy atom. The molecule has 1 saturated carbocycles. The van der Waals surface area contributed by atoms with Crippen LogP contribution in [-0.4, -0.2) is 30.3 Å². The molecule has 17 heavy (non-hydrogen) atoms. The van der Waals surface area contributed by atoms with E-state index < -0.39 is 0 Å². The van der Waals surface area contributed by atoms with Gasteiger partial charge in [0.15, 0.2) is 0 Å². The van der Waals surface area contributed by atoms with Gasteiger partial charge in [-0.15, -0.1) is 0 Å². The highest BCUT2D eigenvalue weighted by Crippen LogP contribution is 2.42. The molecule has 1 aliphatic carbocycles. The van der Waals surface area contributed by atoms with Crippen LogP contribution in [-0.2, 0) is 4.74 Å². The highest BCUT2D eigenvalue weighted by molar-refractivity contribution is 5.02. The predicted molar refractivity (Wildman–Crippen MR) is 61.6 cm³/mol. The van der Waals surface area contributed by atoms with Gasteiger partial charge in [-0.2, -0.15) is 4.98 Å². The zero-order valence-electron chi connectivity index (χ0n) is 10.2. The fourth-order valence-corrected chi connectivity index (χ4v) is 2.50. The molecular weight excluding hydrogens is 218 g/mol. The molecule has 1 aliphatic heterocycles. The lowest BCUT2D eigenvalue weighted by atomic mass is 10.00. The molecular formula is C12H19N3O2.